The van der Waals surface area contributed by atoms with Crippen LogP contribution < -0.4 is 0 Å². The Labute approximate surface area is 324 Å². The summed E-state index contributed by atoms with van der Waals surface area (Å²) in [5, 5.41) is 0. The summed E-state index contributed by atoms with van der Waals surface area (Å²) in [4.78, 5) is 11.6. The van der Waals surface area contributed by atoms with Crippen molar-refractivity contribution in [2.45, 2.75) is 198 Å². The van der Waals surface area contributed by atoms with Crippen molar-refractivity contribution in [1.29, 1.82) is 0 Å². The minimum absolute atomic E-state index is 0.0835. The Hall–Kier alpha value is -2.87. The quantitative estimate of drug-likeness (QED) is 0.0569. The van der Waals surface area contributed by atoms with Crippen molar-refractivity contribution in [3.63, 3.8) is 0 Å². The van der Waals surface area contributed by atoms with E-state index >= 15 is 0 Å². The second kappa shape index (κ2) is 32.8. The summed E-state index contributed by atoms with van der Waals surface area (Å²) in [5.41, 5.74) is 13.3. The first-order valence-electron chi connectivity index (χ1n) is 20.9. The van der Waals surface area contributed by atoms with Gasteiger partial charge in [0.2, 0.25) is 0 Å². The third-order valence-corrected chi connectivity index (χ3v) is 9.72. The van der Waals surface area contributed by atoms with Crippen LogP contribution in [0.15, 0.2) is 105 Å². The second-order valence-electron chi connectivity index (χ2n) is 15.8. The maximum atomic E-state index is 11.6. The molecule has 294 valence electrons. The molecule has 0 aromatic carbocycles. The van der Waals surface area contributed by atoms with Crippen molar-refractivity contribution in [3.8, 4) is 0 Å². The number of hydrogen-bond donors (Lipinski definition) is 0. The van der Waals surface area contributed by atoms with E-state index in [2.05, 4.69) is 125 Å². The van der Waals surface area contributed by atoms with Gasteiger partial charge in [0.15, 0.2) is 0 Å². The summed E-state index contributed by atoms with van der Waals surface area (Å²) < 4.78 is 5.29. The summed E-state index contributed by atoms with van der Waals surface area (Å²) in [6.45, 7) is 25.0. The molecule has 0 aliphatic carbocycles. The highest BCUT2D eigenvalue weighted by Crippen LogP contribution is 2.17. The molecule has 0 amide bonds. The SMILES string of the molecule is CCCCC(=O)OC/C=C(\C)CC/C=C(\C)CC/C=C(\C)CC/C=C(\C)CC/C=C(\C)CC/C=C(\C)CC/C=C(\C)CC/C=C(\C)CCC=C(C)C. The first-order valence-corrected chi connectivity index (χ1v) is 20.9. The molecule has 0 aliphatic rings. The van der Waals surface area contributed by atoms with Crippen LogP contribution in [0.2, 0.25) is 0 Å². The van der Waals surface area contributed by atoms with E-state index in [1.54, 1.807) is 0 Å². The lowest BCUT2D eigenvalue weighted by Gasteiger charge is -2.04. The van der Waals surface area contributed by atoms with E-state index in [1.165, 1.54) is 82.3 Å². The van der Waals surface area contributed by atoms with Crippen LogP contribution in [0.5, 0.6) is 0 Å². The van der Waals surface area contributed by atoms with Gasteiger partial charge in [0.25, 0.3) is 0 Å². The van der Waals surface area contributed by atoms with E-state index in [4.69, 9.17) is 4.74 Å². The Morgan fingerprint density at radius 3 is 0.865 bits per heavy atom. The largest absolute Gasteiger partial charge is 0.461 e. The molecule has 0 radical (unpaired) electrons. The third-order valence-electron chi connectivity index (χ3n) is 9.72. The standard InChI is InChI=1S/C50H82O2/c1-12-13-38-50(51)52-40-39-49(11)37-21-36-48(10)35-20-34-47(9)33-19-32-46(8)31-18-30-45(7)29-17-28-44(6)27-16-26-43(5)25-15-24-42(4)23-14-22-41(2)3/h22,24,26,28,30,32,34,36,39H,12-21,23,25,27,29,31,33,35,37-38,40H2,1-11H3/b42-24+,43-26+,44-28+,45-30+,46-32+,47-34+,48-36+,49-39+. The van der Waals surface area contributed by atoms with Gasteiger partial charge >= 0.3 is 5.97 Å². The molecule has 0 rings (SSSR count). The van der Waals surface area contributed by atoms with Crippen LogP contribution in [0.4, 0.5) is 0 Å². The lowest BCUT2D eigenvalue weighted by Crippen LogP contribution is -2.04. The van der Waals surface area contributed by atoms with Crippen molar-refractivity contribution in [3.05, 3.63) is 105 Å². The molecule has 2 heteroatoms. The first kappa shape index (κ1) is 49.1. The molecule has 2 nitrogen and oxygen atoms in total. The van der Waals surface area contributed by atoms with Gasteiger partial charge in [0.05, 0.1) is 0 Å². The van der Waals surface area contributed by atoms with Gasteiger partial charge in [-0.3, -0.25) is 4.79 Å². The molecular formula is C50H82O2. The lowest BCUT2D eigenvalue weighted by atomic mass is 10.0. The average Bonchev–Trinajstić information content (AvgIpc) is 3.07. The van der Waals surface area contributed by atoms with Gasteiger partial charge in [-0.1, -0.05) is 112 Å². The topological polar surface area (TPSA) is 26.3 Å². The molecule has 0 saturated heterocycles. The first-order chi connectivity index (χ1) is 24.8. The maximum Gasteiger partial charge on any atom is 0.306 e. The summed E-state index contributed by atoms with van der Waals surface area (Å²) in [6, 6.07) is 0. The molecule has 0 bridgehead atoms. The van der Waals surface area contributed by atoms with Crippen LogP contribution in [0.25, 0.3) is 0 Å². The zero-order chi connectivity index (χ0) is 39.0. The predicted octanol–water partition coefficient (Wildman–Crippen LogP) is 16.5. The van der Waals surface area contributed by atoms with Crippen LogP contribution >= 0.6 is 0 Å². The lowest BCUT2D eigenvalue weighted by molar-refractivity contribution is -0.142. The molecule has 0 aromatic heterocycles. The number of carbonyl (C=O) groups excluding carboxylic acids is 1. The normalized spacial score (nSPS) is 14.3. The van der Waals surface area contributed by atoms with Crippen molar-refractivity contribution in [2.75, 3.05) is 6.61 Å². The minimum Gasteiger partial charge on any atom is -0.461 e. The van der Waals surface area contributed by atoms with E-state index in [-0.39, 0.29) is 5.97 Å². The minimum atomic E-state index is -0.0835. The molecule has 0 unspecified atom stereocenters. The number of rotatable bonds is 29. The highest BCUT2D eigenvalue weighted by molar-refractivity contribution is 5.69. The molecule has 0 saturated carbocycles. The fraction of sp³-hybridized carbons (Fsp3) is 0.620. The number of allylic oxidation sites excluding steroid dienone is 17. The molecule has 0 atom stereocenters. The van der Waals surface area contributed by atoms with Gasteiger partial charge in [-0.2, -0.15) is 0 Å². The van der Waals surface area contributed by atoms with Crippen LogP contribution in [-0.4, -0.2) is 12.6 Å². The smallest absolute Gasteiger partial charge is 0.306 e. The fourth-order valence-electron chi connectivity index (χ4n) is 5.90. The second-order valence-corrected chi connectivity index (χ2v) is 15.8. The van der Waals surface area contributed by atoms with Crippen molar-refractivity contribution >= 4 is 5.97 Å². The molecule has 0 N–H and O–H groups in total. The van der Waals surface area contributed by atoms with Crippen molar-refractivity contribution in [2.24, 2.45) is 0 Å². The summed E-state index contributed by atoms with van der Waals surface area (Å²) in [5.74, 6) is -0.0835. The Balaban J connectivity index is 4.22. The van der Waals surface area contributed by atoms with Gasteiger partial charge in [-0.05, 0) is 184 Å². The Morgan fingerprint density at radius 2 is 0.615 bits per heavy atom. The summed E-state index contributed by atoms with van der Waals surface area (Å²) >= 11 is 0. The Morgan fingerprint density at radius 1 is 0.365 bits per heavy atom. The van der Waals surface area contributed by atoms with Crippen LogP contribution in [-0.2, 0) is 9.53 Å². The molecule has 52 heavy (non-hydrogen) atoms. The van der Waals surface area contributed by atoms with E-state index in [1.807, 2.05) is 6.08 Å². The highest BCUT2D eigenvalue weighted by atomic mass is 16.5. The van der Waals surface area contributed by atoms with E-state index in [0.717, 1.165) is 83.5 Å². The van der Waals surface area contributed by atoms with Crippen LogP contribution in [0.1, 0.15) is 198 Å². The molecule has 0 heterocycles. The van der Waals surface area contributed by atoms with Gasteiger partial charge in [-0.25, -0.2) is 0 Å². The molecular weight excluding hydrogens is 633 g/mol. The number of hydrogen-bond acceptors (Lipinski definition) is 2. The maximum absolute atomic E-state index is 11.6. The molecule has 0 aliphatic heterocycles. The molecule has 0 fully saturated rings. The van der Waals surface area contributed by atoms with E-state index in [0.29, 0.717) is 13.0 Å². The fourth-order valence-corrected chi connectivity index (χ4v) is 5.90. The molecule has 0 spiro atoms. The average molecular weight is 715 g/mol. The number of carbonyl (C=O) groups is 1. The van der Waals surface area contributed by atoms with Gasteiger partial charge in [0.1, 0.15) is 6.61 Å². The van der Waals surface area contributed by atoms with Crippen molar-refractivity contribution < 1.29 is 9.53 Å². The Kier molecular flexibility index (Phi) is 30.9. The van der Waals surface area contributed by atoms with Crippen LogP contribution in [0, 0.1) is 0 Å². The Bertz CT molecular complexity index is 1260. The van der Waals surface area contributed by atoms with Gasteiger partial charge in [0, 0.05) is 6.42 Å². The zero-order valence-electron chi connectivity index (χ0n) is 36.2. The van der Waals surface area contributed by atoms with Crippen LogP contribution in [0.3, 0.4) is 0 Å². The number of unbranched alkanes of at least 4 members (excludes halogenated alkanes) is 1. The zero-order valence-corrected chi connectivity index (χ0v) is 36.2. The van der Waals surface area contributed by atoms with Gasteiger partial charge in [-0.15, -0.1) is 0 Å². The molecule has 0 aromatic rings. The van der Waals surface area contributed by atoms with E-state index in [9.17, 15) is 4.79 Å². The summed E-state index contributed by atoms with van der Waals surface area (Å²) in [7, 11) is 0. The predicted molar refractivity (Wildman–Crippen MR) is 234 cm³/mol. The number of ether oxygens (including phenoxy) is 1. The monoisotopic (exact) mass is 715 g/mol. The van der Waals surface area contributed by atoms with Gasteiger partial charge < -0.3 is 4.74 Å². The highest BCUT2D eigenvalue weighted by Gasteiger charge is 2.01. The third kappa shape index (κ3) is 33.0. The van der Waals surface area contributed by atoms with E-state index < -0.39 is 0 Å². The van der Waals surface area contributed by atoms with Crippen molar-refractivity contribution in [1.82, 2.24) is 0 Å². The summed E-state index contributed by atoms with van der Waals surface area (Å²) in [6.07, 6.45) is 42.1. The number of esters is 1.